The predicted octanol–water partition coefficient (Wildman–Crippen LogP) is 8.43. The number of nitrogens with zero attached hydrogens (tertiary/aromatic N) is 1. The lowest BCUT2D eigenvalue weighted by Crippen LogP contribution is -2.84. The number of benzene rings is 2. The van der Waals surface area contributed by atoms with Crippen molar-refractivity contribution in [3.8, 4) is 17.2 Å². The molecule has 0 aromatic heterocycles. The summed E-state index contributed by atoms with van der Waals surface area (Å²) in [7, 11) is 3.08. The van der Waals surface area contributed by atoms with E-state index in [4.69, 9.17) is 23.7 Å². The number of methoxy groups -OCH3 is 2. The van der Waals surface area contributed by atoms with Crippen molar-refractivity contribution in [3.05, 3.63) is 98.7 Å². The molecule has 5 heterocycles. The molecule has 8 unspecified atom stereocenters. The van der Waals surface area contributed by atoms with Gasteiger partial charge in [-0.25, -0.2) is 4.79 Å². The molecular formula is C51H58N2O8. The van der Waals surface area contributed by atoms with Gasteiger partial charge in [0.05, 0.1) is 42.6 Å². The van der Waals surface area contributed by atoms with Crippen LogP contribution >= 0.6 is 0 Å². The number of carbonyl (C=O) groups is 3. The molecule has 1 N–H and O–H groups in total. The molecule has 320 valence electrons. The molecule has 10 nitrogen and oxygen atoms in total. The normalized spacial score (nSPS) is 33.7. The fourth-order valence-electron chi connectivity index (χ4n) is 13.2. The molecule has 2 saturated heterocycles. The van der Waals surface area contributed by atoms with Crippen molar-refractivity contribution in [2.45, 2.75) is 116 Å². The Bertz CT molecular complexity index is 2500. The quantitative estimate of drug-likeness (QED) is 0.150. The number of Topliss-reactive ketones (excluding diaryl/α,β-unsaturated/α-hetero) is 2. The third kappa shape index (κ3) is 5.00. The Labute approximate surface area is 359 Å². The average molecular weight is 827 g/mol. The second kappa shape index (κ2) is 13.3. The Morgan fingerprint density at radius 2 is 1.70 bits per heavy atom. The molecule has 5 fully saturated rings. The zero-order chi connectivity index (χ0) is 43.2. The van der Waals surface area contributed by atoms with Gasteiger partial charge in [-0.3, -0.25) is 14.9 Å². The number of hydrogen-bond acceptors (Lipinski definition) is 10. The van der Waals surface area contributed by atoms with Crippen molar-refractivity contribution in [1.29, 1.82) is 0 Å². The highest BCUT2D eigenvalue weighted by Crippen LogP contribution is 2.78. The van der Waals surface area contributed by atoms with Crippen LogP contribution in [0.5, 0.6) is 17.2 Å². The van der Waals surface area contributed by atoms with Gasteiger partial charge in [-0.15, -0.1) is 0 Å². The summed E-state index contributed by atoms with van der Waals surface area (Å²) in [4.78, 5) is 46.3. The lowest BCUT2D eigenvalue weighted by atomic mass is 9.39. The monoisotopic (exact) mass is 826 g/mol. The van der Waals surface area contributed by atoms with Gasteiger partial charge in [0, 0.05) is 65.1 Å². The van der Waals surface area contributed by atoms with Crippen molar-refractivity contribution in [1.82, 2.24) is 10.2 Å². The number of fused-ring (bicyclic) bond motifs is 5. The average Bonchev–Trinajstić information content (AvgIpc) is 3.82. The number of carbonyl (C=O) groups excluding carboxylic acids is 3. The van der Waals surface area contributed by atoms with Crippen molar-refractivity contribution >= 4 is 29.3 Å². The smallest absolute Gasteiger partial charge is 0.333 e. The van der Waals surface area contributed by atoms with Crippen LogP contribution in [0.25, 0.3) is 11.8 Å². The van der Waals surface area contributed by atoms with Crippen LogP contribution in [-0.2, 0) is 31.1 Å². The van der Waals surface area contributed by atoms with E-state index < -0.39 is 51.8 Å². The molecule has 4 aliphatic carbocycles. The molecule has 0 amide bonds. The van der Waals surface area contributed by atoms with Crippen LogP contribution in [0.15, 0.2) is 70.9 Å². The topological polar surface area (TPSA) is 113 Å². The predicted molar refractivity (Wildman–Crippen MR) is 232 cm³/mol. The summed E-state index contributed by atoms with van der Waals surface area (Å²) in [5.41, 5.74) is 3.29. The minimum absolute atomic E-state index is 0.0224. The van der Waals surface area contributed by atoms with Crippen molar-refractivity contribution in [2.75, 3.05) is 27.3 Å². The Morgan fingerprint density at radius 1 is 0.967 bits per heavy atom. The molecule has 10 heteroatoms. The second-order valence-electron chi connectivity index (χ2n) is 19.8. The fraction of sp³-hybridized carbons (Fsp3) is 0.510. The van der Waals surface area contributed by atoms with Crippen LogP contribution in [0.4, 0.5) is 0 Å². The summed E-state index contributed by atoms with van der Waals surface area (Å²) < 4.78 is 34.5. The van der Waals surface area contributed by atoms with Crippen molar-refractivity contribution in [2.24, 2.45) is 23.7 Å². The third-order valence-corrected chi connectivity index (χ3v) is 15.4. The maximum atomic E-state index is 15.9. The first-order chi connectivity index (χ1) is 29.0. The molecule has 9 aliphatic rings. The zero-order valence-corrected chi connectivity index (χ0v) is 37.2. The number of hydrogen-bond donors (Lipinski definition) is 1. The molecule has 8 atom stereocenters. The number of rotatable bonds is 9. The molecule has 11 rings (SSSR count). The molecule has 3 saturated carbocycles. The molecule has 5 aliphatic heterocycles. The molecule has 2 aromatic carbocycles. The second-order valence-corrected chi connectivity index (χ2v) is 19.8. The van der Waals surface area contributed by atoms with Crippen molar-refractivity contribution in [3.63, 3.8) is 0 Å². The van der Waals surface area contributed by atoms with Gasteiger partial charge in [0.15, 0.2) is 22.8 Å². The van der Waals surface area contributed by atoms with Gasteiger partial charge in [0.25, 0.3) is 0 Å². The number of allylic oxidation sites excluding steroid dienone is 5. The zero-order valence-electron chi connectivity index (χ0n) is 37.2. The highest BCUT2D eigenvalue weighted by atomic mass is 16.6. The molecule has 2 spiro atoms. The molecule has 4 bridgehead atoms. The highest BCUT2D eigenvalue weighted by Gasteiger charge is 2.89. The van der Waals surface area contributed by atoms with Crippen LogP contribution in [0, 0.1) is 23.7 Å². The van der Waals surface area contributed by atoms with Crippen LogP contribution in [0.1, 0.15) is 114 Å². The first-order valence-electron chi connectivity index (χ1n) is 22.0. The fourth-order valence-corrected chi connectivity index (χ4v) is 13.2. The molecular weight excluding hydrogens is 769 g/mol. The summed E-state index contributed by atoms with van der Waals surface area (Å²) in [6.07, 6.45) is 13.3. The van der Waals surface area contributed by atoms with E-state index in [0.29, 0.717) is 59.9 Å². The van der Waals surface area contributed by atoms with E-state index in [1.807, 2.05) is 18.2 Å². The van der Waals surface area contributed by atoms with Gasteiger partial charge < -0.3 is 28.6 Å². The van der Waals surface area contributed by atoms with Crippen molar-refractivity contribution < 1.29 is 38.1 Å². The first kappa shape index (κ1) is 40.2. The SMILES string of the molecule is COC(=O)C(C)=CCC12OC(C)(C)C3CC(C1=O)C1C4=C(c5ccccc5C4=O)N4CCNC45c4c(OC)c6c(c(CC=C(C)C)c4OC32C15)OC(C)(CCC=C(C)C)C=C6. The van der Waals surface area contributed by atoms with Gasteiger partial charge in [-0.2, -0.15) is 0 Å². The minimum atomic E-state index is -1.51. The Balaban J connectivity index is 1.32. The molecule has 61 heavy (non-hydrogen) atoms. The van der Waals surface area contributed by atoms with Crippen LogP contribution < -0.4 is 19.5 Å². The maximum Gasteiger partial charge on any atom is 0.333 e. The summed E-state index contributed by atoms with van der Waals surface area (Å²) in [6.45, 7) is 17.6. The lowest BCUT2D eigenvalue weighted by Gasteiger charge is -2.70. The van der Waals surface area contributed by atoms with Gasteiger partial charge in [0.2, 0.25) is 0 Å². The number of ketones is 2. The summed E-state index contributed by atoms with van der Waals surface area (Å²) in [6, 6.07) is 7.89. The van der Waals surface area contributed by atoms with Crippen LogP contribution in [-0.4, -0.2) is 72.1 Å². The number of ether oxygens (including phenoxy) is 5. The van der Waals surface area contributed by atoms with E-state index in [9.17, 15) is 4.79 Å². The Kier molecular flexibility index (Phi) is 8.75. The highest BCUT2D eigenvalue weighted by molar-refractivity contribution is 6.22. The molecule has 2 aromatic rings. The van der Waals surface area contributed by atoms with Gasteiger partial charge in [-0.05, 0) is 93.2 Å². The maximum absolute atomic E-state index is 15.9. The minimum Gasteiger partial charge on any atom is -0.495 e. The van der Waals surface area contributed by atoms with E-state index >= 15 is 9.59 Å². The van der Waals surface area contributed by atoms with Gasteiger partial charge in [0.1, 0.15) is 28.5 Å². The summed E-state index contributed by atoms with van der Waals surface area (Å²) in [5, 5.41) is 4.12. The van der Waals surface area contributed by atoms with E-state index in [1.54, 1.807) is 20.1 Å². The summed E-state index contributed by atoms with van der Waals surface area (Å²) in [5.74, 6) is -0.355. The number of nitrogens with one attached hydrogen (secondary N) is 1. The van der Waals surface area contributed by atoms with Gasteiger partial charge >= 0.3 is 5.97 Å². The summed E-state index contributed by atoms with van der Waals surface area (Å²) >= 11 is 0. The number of esters is 1. The first-order valence-corrected chi connectivity index (χ1v) is 22.0. The van der Waals surface area contributed by atoms with Gasteiger partial charge in [-0.1, -0.05) is 53.6 Å². The van der Waals surface area contributed by atoms with E-state index in [1.165, 1.54) is 12.7 Å². The van der Waals surface area contributed by atoms with E-state index in [0.717, 1.165) is 46.4 Å². The largest absolute Gasteiger partial charge is 0.495 e. The van der Waals surface area contributed by atoms with Crippen LogP contribution in [0.3, 0.4) is 0 Å². The Morgan fingerprint density at radius 3 is 2.41 bits per heavy atom. The van der Waals surface area contributed by atoms with E-state index in [-0.39, 0.29) is 23.9 Å². The lowest BCUT2D eigenvalue weighted by molar-refractivity contribution is -0.245. The standard InChI is InChI=1S/C51H58N2O8/c1-27(2)14-13-21-48(8)22-20-33-41(59-48)32(18-17-28(3)4)43-38(42(33)57-9)51-44-36(37-39(53(51)25-24-52-51)30-15-11-12-16-31(30)40(37)54)34-26-35-47(6,7)61-49(45(34)55,50(35,44)60-43)23-19-29(5)46(56)58-10/h11-12,14-17,19-20,22,34-36,44,52H,13,18,21,23-26H2,1-10H3. The Hall–Kier alpha value is -4.93. The third-order valence-electron chi connectivity index (χ3n) is 15.4. The molecule has 0 radical (unpaired) electrons. The van der Waals surface area contributed by atoms with Crippen LogP contribution in [0.2, 0.25) is 0 Å². The van der Waals surface area contributed by atoms with E-state index in [2.05, 4.69) is 89.1 Å².